The molecule has 0 aliphatic heterocycles. The Morgan fingerprint density at radius 3 is 2.71 bits per heavy atom. The quantitative estimate of drug-likeness (QED) is 0.945. The molecule has 0 fully saturated rings. The van der Waals surface area contributed by atoms with Crippen LogP contribution in [0.5, 0.6) is 0 Å². The van der Waals surface area contributed by atoms with Gasteiger partial charge in [-0.05, 0) is 13.0 Å². The second-order valence-electron chi connectivity index (χ2n) is 3.98. The van der Waals surface area contributed by atoms with Crippen LogP contribution >= 0.6 is 15.9 Å². The standard InChI is InChI=1S/C13H15BrN2O/c1-9-12(7-8-17)16(2)13(15-9)10-5-3-4-6-11(10)14/h3-6,17H,7-8H2,1-2H3. The van der Waals surface area contributed by atoms with Gasteiger partial charge in [-0.3, -0.25) is 0 Å². The van der Waals surface area contributed by atoms with E-state index in [9.17, 15) is 0 Å². The molecule has 90 valence electrons. The van der Waals surface area contributed by atoms with Gasteiger partial charge in [0.2, 0.25) is 0 Å². The van der Waals surface area contributed by atoms with E-state index < -0.39 is 0 Å². The van der Waals surface area contributed by atoms with Crippen LogP contribution in [0.2, 0.25) is 0 Å². The van der Waals surface area contributed by atoms with Crippen molar-refractivity contribution in [3.63, 3.8) is 0 Å². The zero-order chi connectivity index (χ0) is 12.4. The van der Waals surface area contributed by atoms with Crippen LogP contribution in [-0.2, 0) is 13.5 Å². The van der Waals surface area contributed by atoms with Crippen LogP contribution in [0, 0.1) is 6.92 Å². The lowest BCUT2D eigenvalue weighted by Crippen LogP contribution is -2.02. The predicted octanol–water partition coefficient (Wildman–Crippen LogP) is 2.69. The van der Waals surface area contributed by atoms with E-state index in [2.05, 4.69) is 20.9 Å². The van der Waals surface area contributed by atoms with Crippen molar-refractivity contribution in [1.82, 2.24) is 9.55 Å². The Hall–Kier alpha value is -1.13. The molecule has 1 N–H and O–H groups in total. The van der Waals surface area contributed by atoms with Gasteiger partial charge < -0.3 is 9.67 Å². The smallest absolute Gasteiger partial charge is 0.141 e. The highest BCUT2D eigenvalue weighted by Crippen LogP contribution is 2.28. The molecule has 4 heteroatoms. The molecular weight excluding hydrogens is 280 g/mol. The first kappa shape index (κ1) is 12.3. The molecule has 3 nitrogen and oxygen atoms in total. The first-order valence-corrected chi connectivity index (χ1v) is 6.32. The molecule has 17 heavy (non-hydrogen) atoms. The maximum Gasteiger partial charge on any atom is 0.141 e. The number of rotatable bonds is 3. The van der Waals surface area contributed by atoms with Gasteiger partial charge in [-0.1, -0.05) is 34.1 Å². The minimum atomic E-state index is 0.149. The normalized spacial score (nSPS) is 10.8. The van der Waals surface area contributed by atoms with Gasteiger partial charge in [0.15, 0.2) is 0 Å². The molecule has 1 heterocycles. The van der Waals surface area contributed by atoms with E-state index in [1.54, 1.807) is 0 Å². The molecule has 0 aliphatic carbocycles. The summed E-state index contributed by atoms with van der Waals surface area (Å²) in [6, 6.07) is 8.02. The van der Waals surface area contributed by atoms with Crippen molar-refractivity contribution in [3.05, 3.63) is 40.1 Å². The fourth-order valence-corrected chi connectivity index (χ4v) is 2.47. The Morgan fingerprint density at radius 2 is 2.06 bits per heavy atom. The maximum atomic E-state index is 9.05. The molecule has 0 radical (unpaired) electrons. The minimum absolute atomic E-state index is 0.149. The number of aromatic nitrogens is 2. The van der Waals surface area contributed by atoms with Crippen molar-refractivity contribution < 1.29 is 5.11 Å². The van der Waals surface area contributed by atoms with Crippen LogP contribution in [-0.4, -0.2) is 21.3 Å². The predicted molar refractivity (Wildman–Crippen MR) is 71.9 cm³/mol. The molecule has 2 aromatic rings. The van der Waals surface area contributed by atoms with E-state index in [0.29, 0.717) is 6.42 Å². The number of aryl methyl sites for hydroxylation is 1. The molecule has 1 aromatic heterocycles. The molecule has 0 saturated carbocycles. The summed E-state index contributed by atoms with van der Waals surface area (Å²) in [6.07, 6.45) is 0.639. The summed E-state index contributed by atoms with van der Waals surface area (Å²) in [5, 5.41) is 9.05. The summed E-state index contributed by atoms with van der Waals surface area (Å²) in [5.41, 5.74) is 3.13. The third-order valence-corrected chi connectivity index (χ3v) is 3.57. The Balaban J connectivity index is 2.54. The molecule has 0 atom stereocenters. The van der Waals surface area contributed by atoms with E-state index in [4.69, 9.17) is 5.11 Å². The van der Waals surface area contributed by atoms with E-state index in [-0.39, 0.29) is 6.61 Å². The highest BCUT2D eigenvalue weighted by Gasteiger charge is 2.14. The van der Waals surface area contributed by atoms with Gasteiger partial charge in [0.25, 0.3) is 0 Å². The van der Waals surface area contributed by atoms with Crippen LogP contribution in [0.15, 0.2) is 28.7 Å². The van der Waals surface area contributed by atoms with Crippen LogP contribution in [0.1, 0.15) is 11.4 Å². The minimum Gasteiger partial charge on any atom is -0.396 e. The van der Waals surface area contributed by atoms with E-state index in [1.165, 1.54) is 0 Å². The van der Waals surface area contributed by atoms with Crippen LogP contribution < -0.4 is 0 Å². The number of imidazole rings is 1. The molecule has 1 aromatic carbocycles. The molecule has 0 aliphatic rings. The van der Waals surface area contributed by atoms with E-state index >= 15 is 0 Å². The number of aliphatic hydroxyl groups is 1. The first-order valence-electron chi connectivity index (χ1n) is 5.53. The fraction of sp³-hybridized carbons (Fsp3) is 0.308. The average molecular weight is 295 g/mol. The maximum absolute atomic E-state index is 9.05. The number of hydrogen-bond acceptors (Lipinski definition) is 2. The van der Waals surface area contributed by atoms with Gasteiger partial charge in [-0.2, -0.15) is 0 Å². The fourth-order valence-electron chi connectivity index (χ4n) is 2.01. The summed E-state index contributed by atoms with van der Waals surface area (Å²) in [6.45, 7) is 2.13. The second-order valence-corrected chi connectivity index (χ2v) is 4.83. The lowest BCUT2D eigenvalue weighted by atomic mass is 10.2. The number of benzene rings is 1. The van der Waals surface area contributed by atoms with Crippen molar-refractivity contribution in [1.29, 1.82) is 0 Å². The van der Waals surface area contributed by atoms with Crippen molar-refractivity contribution in [2.24, 2.45) is 7.05 Å². The third-order valence-electron chi connectivity index (χ3n) is 2.88. The van der Waals surface area contributed by atoms with Crippen LogP contribution in [0.3, 0.4) is 0 Å². The van der Waals surface area contributed by atoms with E-state index in [1.807, 2.05) is 42.8 Å². The van der Waals surface area contributed by atoms with Gasteiger partial charge in [0.05, 0.1) is 5.69 Å². The van der Waals surface area contributed by atoms with Crippen molar-refractivity contribution in [2.75, 3.05) is 6.61 Å². The zero-order valence-corrected chi connectivity index (χ0v) is 11.5. The monoisotopic (exact) mass is 294 g/mol. The lowest BCUT2D eigenvalue weighted by Gasteiger charge is -2.06. The van der Waals surface area contributed by atoms with Gasteiger partial charge in [0.1, 0.15) is 5.82 Å². The van der Waals surface area contributed by atoms with E-state index in [0.717, 1.165) is 27.2 Å². The molecule has 2 rings (SSSR count). The molecule has 0 saturated heterocycles. The zero-order valence-electron chi connectivity index (χ0n) is 9.94. The van der Waals surface area contributed by atoms with Crippen LogP contribution in [0.4, 0.5) is 0 Å². The van der Waals surface area contributed by atoms with Gasteiger partial charge in [-0.15, -0.1) is 0 Å². The average Bonchev–Trinajstić information content (AvgIpc) is 2.58. The SMILES string of the molecule is Cc1nc(-c2ccccc2Br)n(C)c1CCO. The number of aliphatic hydroxyl groups excluding tert-OH is 1. The number of hydrogen-bond donors (Lipinski definition) is 1. The van der Waals surface area contributed by atoms with Gasteiger partial charge >= 0.3 is 0 Å². The third kappa shape index (κ3) is 2.28. The van der Waals surface area contributed by atoms with Crippen molar-refractivity contribution in [2.45, 2.75) is 13.3 Å². The van der Waals surface area contributed by atoms with Crippen LogP contribution in [0.25, 0.3) is 11.4 Å². The van der Waals surface area contributed by atoms with Gasteiger partial charge in [0, 0.05) is 35.8 Å². The summed E-state index contributed by atoms with van der Waals surface area (Å²) in [7, 11) is 1.99. The largest absolute Gasteiger partial charge is 0.396 e. The molecule has 0 bridgehead atoms. The summed E-state index contributed by atoms with van der Waals surface area (Å²) < 4.78 is 3.08. The molecular formula is C13H15BrN2O. The van der Waals surface area contributed by atoms with Crippen molar-refractivity contribution >= 4 is 15.9 Å². The Labute approximate surface area is 109 Å². The Kier molecular flexibility index (Phi) is 3.64. The molecule has 0 unspecified atom stereocenters. The lowest BCUT2D eigenvalue weighted by molar-refractivity contribution is 0.296. The summed E-state index contributed by atoms with van der Waals surface area (Å²) in [5.74, 6) is 0.929. The molecule has 0 amide bonds. The highest BCUT2D eigenvalue weighted by molar-refractivity contribution is 9.10. The first-order chi connectivity index (χ1) is 8.15. The Bertz CT molecular complexity index is 534. The highest BCUT2D eigenvalue weighted by atomic mass is 79.9. The summed E-state index contributed by atoms with van der Waals surface area (Å²) >= 11 is 3.54. The second kappa shape index (κ2) is 5.02. The topological polar surface area (TPSA) is 38.0 Å². The van der Waals surface area contributed by atoms with Gasteiger partial charge in [-0.25, -0.2) is 4.98 Å². The number of nitrogens with zero attached hydrogens (tertiary/aromatic N) is 2. The number of halogens is 1. The summed E-state index contributed by atoms with van der Waals surface area (Å²) in [4.78, 5) is 4.58. The Morgan fingerprint density at radius 1 is 1.35 bits per heavy atom. The van der Waals surface area contributed by atoms with Crippen molar-refractivity contribution in [3.8, 4) is 11.4 Å². The molecule has 0 spiro atoms.